The van der Waals surface area contributed by atoms with Gasteiger partial charge < -0.3 is 9.15 Å². The van der Waals surface area contributed by atoms with E-state index in [1.807, 2.05) is 12.1 Å². The first-order valence-corrected chi connectivity index (χ1v) is 7.31. The van der Waals surface area contributed by atoms with E-state index in [9.17, 15) is 0 Å². The molecule has 3 nitrogen and oxygen atoms in total. The van der Waals surface area contributed by atoms with Crippen LogP contribution in [0.3, 0.4) is 0 Å². The largest absolute Gasteiger partial charge is 0.493 e. The predicted octanol–water partition coefficient (Wildman–Crippen LogP) is 3.97. The van der Waals surface area contributed by atoms with Crippen molar-refractivity contribution in [1.82, 2.24) is 4.98 Å². The Bertz CT molecular complexity index is 833. The lowest BCUT2D eigenvalue weighted by molar-refractivity contribution is 0.356. The van der Waals surface area contributed by atoms with Crippen molar-refractivity contribution in [3.8, 4) is 5.75 Å². The summed E-state index contributed by atoms with van der Waals surface area (Å²) in [4.78, 5) is 4.62. The fourth-order valence-electron chi connectivity index (χ4n) is 3.06. The third-order valence-electron chi connectivity index (χ3n) is 4.05. The molecule has 0 aliphatic carbocycles. The molecule has 0 atom stereocenters. The molecule has 0 amide bonds. The van der Waals surface area contributed by atoms with Crippen LogP contribution in [-0.2, 0) is 12.8 Å². The van der Waals surface area contributed by atoms with Crippen molar-refractivity contribution >= 4 is 11.1 Å². The van der Waals surface area contributed by atoms with Crippen LogP contribution in [0.25, 0.3) is 11.1 Å². The fourth-order valence-corrected chi connectivity index (χ4v) is 3.06. The molecule has 1 aliphatic heterocycles. The second kappa shape index (κ2) is 4.62. The van der Waals surface area contributed by atoms with Crippen LogP contribution in [0, 0.1) is 13.8 Å². The molecule has 0 fully saturated rings. The Morgan fingerprint density at radius 2 is 2.10 bits per heavy atom. The van der Waals surface area contributed by atoms with E-state index < -0.39 is 0 Å². The predicted molar refractivity (Wildman–Crippen MR) is 81.9 cm³/mol. The minimum Gasteiger partial charge on any atom is -0.493 e. The Hall–Kier alpha value is -2.29. The molecule has 0 spiro atoms. The number of aryl methyl sites for hydroxylation is 2. The number of aromatic nitrogens is 1. The van der Waals surface area contributed by atoms with Crippen molar-refractivity contribution in [3.05, 3.63) is 58.5 Å². The summed E-state index contributed by atoms with van der Waals surface area (Å²) in [5, 5.41) is 0. The summed E-state index contributed by atoms with van der Waals surface area (Å²) < 4.78 is 11.6. The first-order chi connectivity index (χ1) is 10.2. The van der Waals surface area contributed by atoms with Gasteiger partial charge in [-0.1, -0.05) is 18.2 Å². The zero-order chi connectivity index (χ0) is 14.4. The molecule has 0 unspecified atom stereocenters. The van der Waals surface area contributed by atoms with Gasteiger partial charge in [-0.2, -0.15) is 0 Å². The molecule has 21 heavy (non-hydrogen) atoms. The van der Waals surface area contributed by atoms with Crippen LogP contribution >= 0.6 is 0 Å². The van der Waals surface area contributed by atoms with Crippen molar-refractivity contribution in [2.45, 2.75) is 26.7 Å². The summed E-state index contributed by atoms with van der Waals surface area (Å²) >= 11 is 0. The number of fused-ring (bicyclic) bond motifs is 2. The van der Waals surface area contributed by atoms with Gasteiger partial charge in [0.2, 0.25) is 0 Å². The average Bonchev–Trinajstić information content (AvgIpc) is 3.05. The Kier molecular flexibility index (Phi) is 2.74. The standard InChI is InChI=1S/C18H17NO2/c1-11-8-13(14-6-7-20-16(14)9-11)10-17-19-15-5-3-4-12(2)18(15)21-17/h3-5,8-9H,6-7,10H2,1-2H3. The molecule has 0 saturated carbocycles. The lowest BCUT2D eigenvalue weighted by Crippen LogP contribution is -1.95. The molecular weight excluding hydrogens is 262 g/mol. The van der Waals surface area contributed by atoms with Crippen LogP contribution in [0.1, 0.15) is 28.1 Å². The van der Waals surface area contributed by atoms with Crippen molar-refractivity contribution in [1.29, 1.82) is 0 Å². The van der Waals surface area contributed by atoms with Crippen molar-refractivity contribution in [2.75, 3.05) is 6.61 Å². The molecule has 4 rings (SSSR count). The van der Waals surface area contributed by atoms with Crippen LogP contribution in [0.5, 0.6) is 5.75 Å². The number of benzene rings is 2. The van der Waals surface area contributed by atoms with Crippen LogP contribution in [-0.4, -0.2) is 11.6 Å². The quantitative estimate of drug-likeness (QED) is 0.712. The molecule has 3 heteroatoms. The summed E-state index contributed by atoms with van der Waals surface area (Å²) in [6.07, 6.45) is 1.70. The smallest absolute Gasteiger partial charge is 0.199 e. The number of para-hydroxylation sites is 1. The second-order valence-electron chi connectivity index (χ2n) is 5.71. The molecule has 0 radical (unpaired) electrons. The molecule has 1 aliphatic rings. The Balaban J connectivity index is 1.77. The normalized spacial score (nSPS) is 13.4. The molecule has 0 bridgehead atoms. The zero-order valence-electron chi connectivity index (χ0n) is 12.3. The van der Waals surface area contributed by atoms with E-state index in [4.69, 9.17) is 9.15 Å². The summed E-state index contributed by atoms with van der Waals surface area (Å²) in [7, 11) is 0. The summed E-state index contributed by atoms with van der Waals surface area (Å²) in [6.45, 7) is 4.93. The summed E-state index contributed by atoms with van der Waals surface area (Å²) in [6, 6.07) is 10.4. The van der Waals surface area contributed by atoms with E-state index in [2.05, 4.69) is 37.0 Å². The summed E-state index contributed by atoms with van der Waals surface area (Å²) in [5.41, 5.74) is 6.76. The molecule has 3 aromatic rings. The molecule has 1 aromatic heterocycles. The third kappa shape index (κ3) is 2.09. The van der Waals surface area contributed by atoms with Gasteiger partial charge in [0.25, 0.3) is 0 Å². The van der Waals surface area contributed by atoms with Gasteiger partial charge in [0, 0.05) is 18.4 Å². The number of hydrogen-bond donors (Lipinski definition) is 0. The van der Waals surface area contributed by atoms with E-state index in [0.29, 0.717) is 0 Å². The lowest BCUT2D eigenvalue weighted by Gasteiger charge is -2.07. The minimum absolute atomic E-state index is 0.724. The Morgan fingerprint density at radius 1 is 1.19 bits per heavy atom. The van der Waals surface area contributed by atoms with Gasteiger partial charge in [0.1, 0.15) is 11.3 Å². The topological polar surface area (TPSA) is 35.3 Å². The van der Waals surface area contributed by atoms with E-state index >= 15 is 0 Å². The highest BCUT2D eigenvalue weighted by atomic mass is 16.5. The first-order valence-electron chi connectivity index (χ1n) is 7.31. The van der Waals surface area contributed by atoms with Gasteiger partial charge in [0.15, 0.2) is 11.5 Å². The summed E-state index contributed by atoms with van der Waals surface area (Å²) in [5.74, 6) is 1.80. The van der Waals surface area contributed by atoms with E-state index in [-0.39, 0.29) is 0 Å². The second-order valence-corrected chi connectivity index (χ2v) is 5.71. The molecular formula is C18H17NO2. The molecule has 106 valence electrons. The Labute approximate surface area is 123 Å². The fraction of sp³-hybridized carbons (Fsp3) is 0.278. The molecule has 2 aromatic carbocycles. The highest BCUT2D eigenvalue weighted by Crippen LogP contribution is 2.31. The van der Waals surface area contributed by atoms with Crippen LogP contribution < -0.4 is 4.74 Å². The van der Waals surface area contributed by atoms with Crippen LogP contribution in [0.15, 0.2) is 34.7 Å². The highest BCUT2D eigenvalue weighted by Gasteiger charge is 2.18. The maximum Gasteiger partial charge on any atom is 0.199 e. The molecule has 2 heterocycles. The van der Waals surface area contributed by atoms with E-state index in [1.165, 1.54) is 16.7 Å². The first kappa shape index (κ1) is 12.5. The van der Waals surface area contributed by atoms with Gasteiger partial charge in [-0.3, -0.25) is 0 Å². The molecule has 0 N–H and O–H groups in total. The van der Waals surface area contributed by atoms with Crippen molar-refractivity contribution in [3.63, 3.8) is 0 Å². The maximum atomic E-state index is 5.95. The average molecular weight is 279 g/mol. The third-order valence-corrected chi connectivity index (χ3v) is 4.05. The maximum absolute atomic E-state index is 5.95. The van der Waals surface area contributed by atoms with E-state index in [0.717, 1.165) is 47.8 Å². The molecule has 0 saturated heterocycles. The van der Waals surface area contributed by atoms with Gasteiger partial charge >= 0.3 is 0 Å². The van der Waals surface area contributed by atoms with Crippen LogP contribution in [0.2, 0.25) is 0 Å². The van der Waals surface area contributed by atoms with Gasteiger partial charge in [0.05, 0.1) is 6.61 Å². The SMILES string of the molecule is Cc1cc(Cc2nc3cccc(C)c3o2)c2c(c1)OCC2. The number of ether oxygens (including phenoxy) is 1. The van der Waals surface area contributed by atoms with E-state index in [1.54, 1.807) is 0 Å². The van der Waals surface area contributed by atoms with Crippen molar-refractivity contribution < 1.29 is 9.15 Å². The van der Waals surface area contributed by atoms with Crippen molar-refractivity contribution in [2.24, 2.45) is 0 Å². The monoisotopic (exact) mass is 279 g/mol. The highest BCUT2D eigenvalue weighted by molar-refractivity contribution is 5.76. The number of oxazole rings is 1. The van der Waals surface area contributed by atoms with Gasteiger partial charge in [-0.15, -0.1) is 0 Å². The number of nitrogens with zero attached hydrogens (tertiary/aromatic N) is 1. The van der Waals surface area contributed by atoms with Gasteiger partial charge in [-0.05, 0) is 42.7 Å². The Morgan fingerprint density at radius 3 is 2.95 bits per heavy atom. The van der Waals surface area contributed by atoms with Crippen LogP contribution in [0.4, 0.5) is 0 Å². The lowest BCUT2D eigenvalue weighted by atomic mass is 10.00. The van der Waals surface area contributed by atoms with Gasteiger partial charge in [-0.25, -0.2) is 4.98 Å². The number of rotatable bonds is 2. The minimum atomic E-state index is 0.724. The number of hydrogen-bond acceptors (Lipinski definition) is 3. The zero-order valence-corrected chi connectivity index (χ0v) is 12.3.